The summed E-state index contributed by atoms with van der Waals surface area (Å²) in [7, 11) is 0. The van der Waals surface area contributed by atoms with Crippen LogP contribution in [-0.4, -0.2) is 11.8 Å². The summed E-state index contributed by atoms with van der Waals surface area (Å²) in [5.41, 5.74) is 2.50. The maximum absolute atomic E-state index is 12.4. The van der Waals surface area contributed by atoms with Crippen molar-refractivity contribution >= 4 is 34.8 Å². The van der Waals surface area contributed by atoms with E-state index in [2.05, 4.69) is 10.6 Å². The summed E-state index contributed by atoms with van der Waals surface area (Å²) in [4.78, 5) is 24.5. The van der Waals surface area contributed by atoms with Crippen molar-refractivity contribution in [3.63, 3.8) is 0 Å². The first kappa shape index (κ1) is 16.8. The molecule has 0 aliphatic rings. The van der Waals surface area contributed by atoms with E-state index < -0.39 is 5.91 Å². The summed E-state index contributed by atoms with van der Waals surface area (Å²) in [5, 5.41) is 5.76. The van der Waals surface area contributed by atoms with E-state index in [9.17, 15) is 9.59 Å². The number of hydrogen-bond acceptors (Lipinski definition) is 3. The fourth-order valence-electron chi connectivity index (χ4n) is 2.19. The molecule has 1 aromatic heterocycles. The molecular formula is C19H15ClN2O3. The van der Waals surface area contributed by atoms with Gasteiger partial charge in [0.2, 0.25) is 0 Å². The highest BCUT2D eigenvalue weighted by Crippen LogP contribution is 2.24. The van der Waals surface area contributed by atoms with Crippen LogP contribution in [0, 0.1) is 6.92 Å². The monoisotopic (exact) mass is 354 g/mol. The third-order valence-electron chi connectivity index (χ3n) is 3.53. The molecule has 0 aliphatic heterocycles. The fourth-order valence-corrected chi connectivity index (χ4v) is 2.36. The number of nitrogens with one attached hydrogen (secondary N) is 2. The van der Waals surface area contributed by atoms with Crippen LogP contribution in [-0.2, 0) is 0 Å². The second-order valence-electron chi connectivity index (χ2n) is 5.45. The van der Waals surface area contributed by atoms with Gasteiger partial charge in [-0.25, -0.2) is 0 Å². The van der Waals surface area contributed by atoms with E-state index in [-0.39, 0.29) is 11.7 Å². The Morgan fingerprint density at radius 3 is 2.40 bits per heavy atom. The first-order valence-corrected chi connectivity index (χ1v) is 7.93. The quantitative estimate of drug-likeness (QED) is 0.710. The number of carbonyl (C=O) groups excluding carboxylic acids is 2. The van der Waals surface area contributed by atoms with Crippen molar-refractivity contribution < 1.29 is 14.0 Å². The molecule has 6 heteroatoms. The van der Waals surface area contributed by atoms with Gasteiger partial charge in [-0.1, -0.05) is 29.3 Å². The zero-order valence-electron chi connectivity index (χ0n) is 13.4. The Hall–Kier alpha value is -3.05. The van der Waals surface area contributed by atoms with Crippen LogP contribution in [0.3, 0.4) is 0 Å². The molecule has 0 atom stereocenters. The van der Waals surface area contributed by atoms with Crippen molar-refractivity contribution in [3.8, 4) is 0 Å². The van der Waals surface area contributed by atoms with Crippen molar-refractivity contribution in [2.45, 2.75) is 6.92 Å². The van der Waals surface area contributed by atoms with E-state index in [1.165, 1.54) is 18.4 Å². The van der Waals surface area contributed by atoms with Gasteiger partial charge in [0.25, 0.3) is 11.8 Å². The molecule has 3 rings (SSSR count). The molecule has 3 aromatic rings. The third-order valence-corrected chi connectivity index (χ3v) is 3.86. The minimum absolute atomic E-state index is 0.158. The second kappa shape index (κ2) is 7.23. The molecule has 2 N–H and O–H groups in total. The van der Waals surface area contributed by atoms with Crippen molar-refractivity contribution in [2.75, 3.05) is 10.6 Å². The van der Waals surface area contributed by atoms with Crippen LogP contribution in [0.15, 0.2) is 65.3 Å². The molecule has 0 spiro atoms. The molecule has 5 nitrogen and oxygen atoms in total. The van der Waals surface area contributed by atoms with Crippen LogP contribution in [0.4, 0.5) is 11.4 Å². The number of halogens is 1. The van der Waals surface area contributed by atoms with Crippen LogP contribution < -0.4 is 10.6 Å². The predicted octanol–water partition coefficient (Wildman–Crippen LogP) is 4.75. The van der Waals surface area contributed by atoms with Gasteiger partial charge in [0.1, 0.15) is 0 Å². The molecule has 0 saturated heterocycles. The molecule has 126 valence electrons. The molecule has 0 fully saturated rings. The maximum atomic E-state index is 12.4. The largest absolute Gasteiger partial charge is 0.459 e. The van der Waals surface area contributed by atoms with Crippen LogP contribution in [0.2, 0.25) is 5.02 Å². The summed E-state index contributed by atoms with van der Waals surface area (Å²) in [5.74, 6) is -0.581. The minimum atomic E-state index is -0.442. The summed E-state index contributed by atoms with van der Waals surface area (Å²) in [6.45, 7) is 1.97. The van der Waals surface area contributed by atoms with Gasteiger partial charge in [0.15, 0.2) is 5.76 Å². The third kappa shape index (κ3) is 4.08. The highest BCUT2D eigenvalue weighted by atomic mass is 35.5. The molecule has 0 aliphatic carbocycles. The topological polar surface area (TPSA) is 71.3 Å². The normalized spacial score (nSPS) is 10.3. The lowest BCUT2D eigenvalue weighted by Crippen LogP contribution is -2.14. The summed E-state index contributed by atoms with van der Waals surface area (Å²) >= 11 is 6.11. The Morgan fingerprint density at radius 2 is 1.72 bits per heavy atom. The van der Waals surface area contributed by atoms with Crippen molar-refractivity contribution in [3.05, 3.63) is 82.8 Å². The number of aryl methyl sites for hydroxylation is 1. The molecule has 2 amide bonds. The second-order valence-corrected chi connectivity index (χ2v) is 5.85. The average molecular weight is 355 g/mol. The number of amides is 2. The fraction of sp³-hybridized carbons (Fsp3) is 0.0526. The number of furan rings is 1. The summed E-state index contributed by atoms with van der Waals surface area (Å²) in [6, 6.07) is 15.3. The molecular weight excluding hydrogens is 340 g/mol. The number of rotatable bonds is 4. The Kier molecular flexibility index (Phi) is 4.86. The lowest BCUT2D eigenvalue weighted by molar-refractivity contribution is 0.0993. The Bertz CT molecular complexity index is 903. The van der Waals surface area contributed by atoms with Gasteiger partial charge in [-0.05, 0) is 49.4 Å². The first-order valence-electron chi connectivity index (χ1n) is 7.55. The van der Waals surface area contributed by atoms with Crippen LogP contribution >= 0.6 is 11.6 Å². The van der Waals surface area contributed by atoms with Gasteiger partial charge in [-0.2, -0.15) is 0 Å². The smallest absolute Gasteiger partial charge is 0.291 e. The molecule has 0 bridgehead atoms. The van der Waals surface area contributed by atoms with Gasteiger partial charge in [0.05, 0.1) is 17.0 Å². The average Bonchev–Trinajstić information content (AvgIpc) is 3.13. The Morgan fingerprint density at radius 1 is 0.960 bits per heavy atom. The van der Waals surface area contributed by atoms with Crippen molar-refractivity contribution in [2.24, 2.45) is 0 Å². The summed E-state index contributed by atoms with van der Waals surface area (Å²) < 4.78 is 5.04. The Labute approximate surface area is 149 Å². The highest BCUT2D eigenvalue weighted by molar-refractivity contribution is 6.34. The minimum Gasteiger partial charge on any atom is -0.459 e. The number of anilines is 2. The predicted molar refractivity (Wildman–Crippen MR) is 97.2 cm³/mol. The van der Waals surface area contributed by atoms with E-state index in [0.717, 1.165) is 5.56 Å². The van der Waals surface area contributed by atoms with Gasteiger partial charge in [0, 0.05) is 11.3 Å². The van der Waals surface area contributed by atoms with Crippen molar-refractivity contribution in [1.29, 1.82) is 0 Å². The molecule has 0 unspecified atom stereocenters. The highest BCUT2D eigenvalue weighted by Gasteiger charge is 2.14. The molecule has 0 saturated carbocycles. The van der Waals surface area contributed by atoms with E-state index in [1.807, 2.05) is 31.2 Å². The van der Waals surface area contributed by atoms with Gasteiger partial charge < -0.3 is 15.1 Å². The van der Waals surface area contributed by atoms with E-state index in [1.54, 1.807) is 18.2 Å². The lowest BCUT2D eigenvalue weighted by Gasteiger charge is -2.09. The van der Waals surface area contributed by atoms with Gasteiger partial charge in [-0.3, -0.25) is 9.59 Å². The lowest BCUT2D eigenvalue weighted by atomic mass is 10.1. The van der Waals surface area contributed by atoms with E-state index >= 15 is 0 Å². The van der Waals surface area contributed by atoms with Crippen LogP contribution in [0.5, 0.6) is 0 Å². The van der Waals surface area contributed by atoms with Gasteiger partial charge in [-0.15, -0.1) is 0 Å². The van der Waals surface area contributed by atoms with E-state index in [0.29, 0.717) is 22.0 Å². The number of hydrogen-bond donors (Lipinski definition) is 2. The van der Waals surface area contributed by atoms with Gasteiger partial charge >= 0.3 is 0 Å². The van der Waals surface area contributed by atoms with E-state index in [4.69, 9.17) is 16.0 Å². The molecule has 2 aromatic carbocycles. The zero-order valence-corrected chi connectivity index (χ0v) is 14.1. The molecule has 25 heavy (non-hydrogen) atoms. The zero-order chi connectivity index (χ0) is 17.8. The SMILES string of the molecule is Cc1ccc(NC(=O)c2ccc(Cl)c(NC(=O)c3ccco3)c2)cc1. The molecule has 0 radical (unpaired) electrons. The standard InChI is InChI=1S/C19H15ClN2O3/c1-12-4-7-14(8-5-12)21-18(23)13-6-9-15(20)16(11-13)22-19(24)17-3-2-10-25-17/h2-11H,1H3,(H,21,23)(H,22,24). The maximum Gasteiger partial charge on any atom is 0.291 e. The van der Waals surface area contributed by atoms with Crippen LogP contribution in [0.1, 0.15) is 26.5 Å². The number of carbonyl (C=O) groups is 2. The Balaban J connectivity index is 1.77. The first-order chi connectivity index (χ1) is 12.0. The summed E-state index contributed by atoms with van der Waals surface area (Å²) in [6.07, 6.45) is 1.40. The van der Waals surface area contributed by atoms with Crippen LogP contribution in [0.25, 0.3) is 0 Å². The molecule has 1 heterocycles. The number of benzene rings is 2. The van der Waals surface area contributed by atoms with Crippen molar-refractivity contribution in [1.82, 2.24) is 0 Å².